The third-order valence-electron chi connectivity index (χ3n) is 3.39. The monoisotopic (exact) mass is 272 g/mol. The fourth-order valence-corrected chi connectivity index (χ4v) is 2.09. The number of alkyl halides is 3. The van der Waals surface area contributed by atoms with Crippen molar-refractivity contribution in [2.24, 2.45) is 5.41 Å². The lowest BCUT2D eigenvalue weighted by molar-refractivity contribution is -0.149. The molecule has 0 aromatic heterocycles. The Morgan fingerprint density at radius 2 is 1.84 bits per heavy atom. The first kappa shape index (κ1) is 13.9. The van der Waals surface area contributed by atoms with Gasteiger partial charge in [-0.05, 0) is 43.9 Å². The van der Waals surface area contributed by atoms with Gasteiger partial charge in [0.2, 0.25) is 0 Å². The summed E-state index contributed by atoms with van der Waals surface area (Å²) in [5.74, 6) is -0.241. The van der Waals surface area contributed by atoms with Gasteiger partial charge in [-0.3, -0.25) is 4.79 Å². The van der Waals surface area contributed by atoms with Crippen LogP contribution in [0.2, 0.25) is 0 Å². The molecule has 1 aromatic rings. The molecule has 19 heavy (non-hydrogen) atoms. The summed E-state index contributed by atoms with van der Waals surface area (Å²) in [6.07, 6.45) is -2.39. The molecule has 1 aromatic carbocycles. The van der Waals surface area contributed by atoms with E-state index >= 15 is 0 Å². The lowest BCUT2D eigenvalue weighted by Crippen LogP contribution is -2.21. The second-order valence-corrected chi connectivity index (χ2v) is 4.87. The van der Waals surface area contributed by atoms with Crippen LogP contribution in [0.15, 0.2) is 24.3 Å². The highest BCUT2D eigenvalue weighted by atomic mass is 19.4. The van der Waals surface area contributed by atoms with Crippen LogP contribution in [0, 0.1) is 5.41 Å². The van der Waals surface area contributed by atoms with Crippen molar-refractivity contribution in [1.82, 2.24) is 0 Å². The van der Waals surface area contributed by atoms with Gasteiger partial charge < -0.3 is 4.74 Å². The van der Waals surface area contributed by atoms with Crippen molar-refractivity contribution in [3.05, 3.63) is 35.4 Å². The molecule has 1 aliphatic carbocycles. The van der Waals surface area contributed by atoms with E-state index in [1.807, 2.05) is 0 Å². The zero-order valence-electron chi connectivity index (χ0n) is 10.6. The largest absolute Gasteiger partial charge is 0.466 e. The lowest BCUT2D eigenvalue weighted by Gasteiger charge is -2.14. The molecule has 0 saturated heterocycles. The average molecular weight is 272 g/mol. The van der Waals surface area contributed by atoms with Crippen LogP contribution in [0.1, 0.15) is 30.9 Å². The Kier molecular flexibility index (Phi) is 3.56. The fraction of sp³-hybridized carbons (Fsp3) is 0.500. The number of rotatable bonds is 4. The minimum Gasteiger partial charge on any atom is -0.466 e. The number of halogens is 3. The highest BCUT2D eigenvalue weighted by molar-refractivity contribution is 5.80. The number of benzene rings is 1. The molecule has 5 heteroatoms. The van der Waals surface area contributed by atoms with Crippen LogP contribution >= 0.6 is 0 Å². The van der Waals surface area contributed by atoms with Crippen molar-refractivity contribution in [3.8, 4) is 0 Å². The first-order valence-corrected chi connectivity index (χ1v) is 6.21. The molecule has 0 amide bonds. The van der Waals surface area contributed by atoms with Gasteiger partial charge in [-0.25, -0.2) is 0 Å². The summed E-state index contributed by atoms with van der Waals surface area (Å²) in [5, 5.41) is 0. The van der Waals surface area contributed by atoms with Gasteiger partial charge >= 0.3 is 12.1 Å². The third kappa shape index (κ3) is 3.08. The number of hydrogen-bond donors (Lipinski definition) is 0. The molecule has 2 rings (SSSR count). The molecule has 1 fully saturated rings. The number of hydrogen-bond acceptors (Lipinski definition) is 2. The zero-order chi connectivity index (χ0) is 14.1. The summed E-state index contributed by atoms with van der Waals surface area (Å²) in [6, 6.07) is 4.97. The first-order chi connectivity index (χ1) is 8.87. The van der Waals surface area contributed by atoms with Gasteiger partial charge in [-0.1, -0.05) is 12.1 Å². The maximum Gasteiger partial charge on any atom is 0.416 e. The Hall–Kier alpha value is -1.52. The maximum absolute atomic E-state index is 12.4. The van der Waals surface area contributed by atoms with E-state index in [1.165, 1.54) is 12.1 Å². The minimum absolute atomic E-state index is 0.241. The van der Waals surface area contributed by atoms with Crippen LogP contribution in [0.5, 0.6) is 0 Å². The minimum atomic E-state index is -4.32. The van der Waals surface area contributed by atoms with Crippen molar-refractivity contribution >= 4 is 5.97 Å². The second-order valence-electron chi connectivity index (χ2n) is 4.87. The second kappa shape index (κ2) is 4.87. The zero-order valence-corrected chi connectivity index (χ0v) is 10.6. The third-order valence-corrected chi connectivity index (χ3v) is 3.39. The molecular weight excluding hydrogens is 257 g/mol. The van der Waals surface area contributed by atoms with Gasteiger partial charge in [-0.15, -0.1) is 0 Å². The molecule has 1 saturated carbocycles. The average Bonchev–Trinajstić information content (AvgIpc) is 3.10. The quantitative estimate of drug-likeness (QED) is 0.783. The molecule has 0 spiro atoms. The Bertz CT molecular complexity index is 459. The van der Waals surface area contributed by atoms with Crippen molar-refractivity contribution < 1.29 is 22.7 Å². The summed E-state index contributed by atoms with van der Waals surface area (Å²) in [4.78, 5) is 11.8. The van der Waals surface area contributed by atoms with Crippen LogP contribution in [-0.2, 0) is 22.1 Å². The van der Waals surface area contributed by atoms with Crippen LogP contribution in [0.25, 0.3) is 0 Å². The predicted molar refractivity (Wildman–Crippen MR) is 63.4 cm³/mol. The Labute approximate surface area is 109 Å². The standard InChI is InChI=1S/C14H15F3O2/c1-2-19-12(18)13(7-8-13)9-10-3-5-11(6-4-10)14(15,16)17/h3-6H,2,7-9H2,1H3. The maximum atomic E-state index is 12.4. The van der Waals surface area contributed by atoms with E-state index in [9.17, 15) is 18.0 Å². The van der Waals surface area contributed by atoms with E-state index in [4.69, 9.17) is 4.74 Å². The van der Waals surface area contributed by atoms with E-state index in [0.717, 1.165) is 30.5 Å². The molecular formula is C14H15F3O2. The van der Waals surface area contributed by atoms with Gasteiger partial charge in [0, 0.05) is 0 Å². The van der Waals surface area contributed by atoms with Crippen molar-refractivity contribution in [3.63, 3.8) is 0 Å². The van der Waals surface area contributed by atoms with Crippen molar-refractivity contribution in [2.45, 2.75) is 32.4 Å². The van der Waals surface area contributed by atoms with Gasteiger partial charge in [-0.2, -0.15) is 13.2 Å². The topological polar surface area (TPSA) is 26.3 Å². The Morgan fingerprint density at radius 3 is 2.26 bits per heavy atom. The van der Waals surface area contributed by atoms with Crippen LogP contribution in [0.4, 0.5) is 13.2 Å². The van der Waals surface area contributed by atoms with Crippen molar-refractivity contribution in [2.75, 3.05) is 6.61 Å². The van der Waals surface area contributed by atoms with Crippen LogP contribution < -0.4 is 0 Å². The van der Waals surface area contributed by atoms with Crippen LogP contribution in [-0.4, -0.2) is 12.6 Å². The molecule has 2 nitrogen and oxygen atoms in total. The van der Waals surface area contributed by atoms with E-state index in [0.29, 0.717) is 13.0 Å². The van der Waals surface area contributed by atoms with E-state index < -0.39 is 17.2 Å². The molecule has 1 aliphatic rings. The molecule has 0 aliphatic heterocycles. The van der Waals surface area contributed by atoms with E-state index in [1.54, 1.807) is 6.92 Å². The SMILES string of the molecule is CCOC(=O)C1(Cc2ccc(C(F)(F)F)cc2)CC1. The summed E-state index contributed by atoms with van der Waals surface area (Å²) in [6.45, 7) is 2.07. The van der Waals surface area contributed by atoms with Gasteiger partial charge in [0.05, 0.1) is 17.6 Å². The smallest absolute Gasteiger partial charge is 0.416 e. The fourth-order valence-electron chi connectivity index (χ4n) is 2.09. The van der Waals surface area contributed by atoms with Crippen molar-refractivity contribution in [1.29, 1.82) is 0 Å². The molecule has 104 valence electrons. The summed E-state index contributed by atoms with van der Waals surface area (Å²) in [5.41, 5.74) is -0.439. The predicted octanol–water partition coefficient (Wildman–Crippen LogP) is 3.59. The lowest BCUT2D eigenvalue weighted by atomic mass is 9.96. The normalized spacial score (nSPS) is 17.1. The van der Waals surface area contributed by atoms with Crippen LogP contribution in [0.3, 0.4) is 0 Å². The molecule has 0 unspecified atom stereocenters. The highest BCUT2D eigenvalue weighted by Crippen LogP contribution is 2.49. The van der Waals surface area contributed by atoms with Gasteiger partial charge in [0.15, 0.2) is 0 Å². The first-order valence-electron chi connectivity index (χ1n) is 6.21. The molecule has 0 atom stereocenters. The number of carbonyl (C=O) groups is 1. The number of esters is 1. The van der Waals surface area contributed by atoms with Gasteiger partial charge in [0.25, 0.3) is 0 Å². The van der Waals surface area contributed by atoms with E-state index in [2.05, 4.69) is 0 Å². The van der Waals surface area contributed by atoms with E-state index in [-0.39, 0.29) is 5.97 Å². The number of ether oxygens (including phenoxy) is 1. The summed E-state index contributed by atoms with van der Waals surface area (Å²) >= 11 is 0. The molecule has 0 bridgehead atoms. The molecule has 0 radical (unpaired) electrons. The Morgan fingerprint density at radius 1 is 1.26 bits per heavy atom. The number of carbonyl (C=O) groups excluding carboxylic acids is 1. The van der Waals surface area contributed by atoms with Gasteiger partial charge in [0.1, 0.15) is 0 Å². The molecule has 0 heterocycles. The summed E-state index contributed by atoms with van der Waals surface area (Å²) < 4.78 is 42.3. The summed E-state index contributed by atoms with van der Waals surface area (Å²) in [7, 11) is 0. The highest BCUT2D eigenvalue weighted by Gasteiger charge is 2.51. The molecule has 0 N–H and O–H groups in total. The Balaban J connectivity index is 2.06.